The van der Waals surface area contributed by atoms with E-state index in [1.54, 1.807) is 6.08 Å². The minimum atomic E-state index is -3.41. The highest BCUT2D eigenvalue weighted by Gasteiger charge is 2.51. The van der Waals surface area contributed by atoms with Crippen LogP contribution in [0.4, 0.5) is 0 Å². The number of carbonyl (C=O) groups excluding carboxylic acids is 1. The molecular weight excluding hydrogens is 527 g/mol. The second-order valence-electron chi connectivity index (χ2n) is 11.0. The Bertz CT molecular complexity index is 1240. The Morgan fingerprint density at radius 1 is 1.11 bits per heavy atom. The van der Waals surface area contributed by atoms with Crippen LogP contribution in [-0.4, -0.2) is 37.1 Å². The minimum Gasteiger partial charge on any atom is -0.330 e. The number of sulfonamides is 1. The smallest absolute Gasteiger partial charge is 0.229 e. The topological polar surface area (TPSA) is 66.5 Å². The molecule has 0 aromatic heterocycles. The van der Waals surface area contributed by atoms with Gasteiger partial charge in [-0.1, -0.05) is 74.3 Å². The molecule has 1 amide bonds. The molecule has 0 spiro atoms. The lowest BCUT2D eigenvalue weighted by Gasteiger charge is -2.53. The van der Waals surface area contributed by atoms with Crippen molar-refractivity contribution < 1.29 is 13.2 Å². The number of amides is 1. The summed E-state index contributed by atoms with van der Waals surface area (Å²) in [7, 11) is -3.41. The van der Waals surface area contributed by atoms with Crippen LogP contribution in [0.1, 0.15) is 69.5 Å². The van der Waals surface area contributed by atoms with Crippen molar-refractivity contribution in [1.82, 2.24) is 9.62 Å². The van der Waals surface area contributed by atoms with Gasteiger partial charge in [-0.2, -0.15) is 0 Å². The van der Waals surface area contributed by atoms with Crippen molar-refractivity contribution in [3.8, 4) is 0 Å². The second kappa shape index (κ2) is 11.1. The number of piperidine rings is 1. The van der Waals surface area contributed by atoms with Gasteiger partial charge in [0.15, 0.2) is 0 Å². The molecule has 200 valence electrons. The Kier molecular flexibility index (Phi) is 8.44. The lowest BCUT2D eigenvalue weighted by Crippen LogP contribution is -2.59. The summed E-state index contributed by atoms with van der Waals surface area (Å²) in [6, 6.07) is 14.7. The molecule has 1 heterocycles. The lowest BCUT2D eigenvalue weighted by molar-refractivity contribution is -0.155. The number of allylic oxidation sites excluding steroid dienone is 1. The van der Waals surface area contributed by atoms with E-state index in [0.29, 0.717) is 35.7 Å². The number of benzene rings is 2. The van der Waals surface area contributed by atoms with Gasteiger partial charge in [0.1, 0.15) is 0 Å². The number of nitrogens with one attached hydrogen (secondary N) is 1. The van der Waals surface area contributed by atoms with E-state index < -0.39 is 15.4 Å². The highest BCUT2D eigenvalue weighted by molar-refractivity contribution is 7.90. The normalized spacial score (nSPS) is 25.4. The van der Waals surface area contributed by atoms with E-state index in [1.807, 2.05) is 68.1 Å². The molecule has 37 heavy (non-hydrogen) atoms. The molecule has 0 radical (unpaired) electrons. The third-order valence-corrected chi connectivity index (χ3v) is 10.2. The van der Waals surface area contributed by atoms with Crippen molar-refractivity contribution in [3.05, 3.63) is 82.4 Å². The molecule has 4 atom stereocenters. The minimum absolute atomic E-state index is 0.00625. The second-order valence-corrected chi connectivity index (χ2v) is 14.0. The number of likely N-dealkylation sites (tertiary alicyclic amines) is 1. The van der Waals surface area contributed by atoms with E-state index in [9.17, 15) is 13.2 Å². The molecule has 5 nitrogen and oxygen atoms in total. The van der Waals surface area contributed by atoms with Crippen LogP contribution in [0.5, 0.6) is 0 Å². The van der Waals surface area contributed by atoms with Crippen LogP contribution in [0.15, 0.2) is 61.2 Å². The van der Waals surface area contributed by atoms with Gasteiger partial charge in [-0.05, 0) is 67.0 Å². The largest absolute Gasteiger partial charge is 0.330 e. The average molecular weight is 564 g/mol. The molecule has 1 aliphatic carbocycles. The van der Waals surface area contributed by atoms with E-state index in [-0.39, 0.29) is 41.6 Å². The molecule has 2 fully saturated rings. The highest BCUT2D eigenvalue weighted by atomic mass is 35.5. The van der Waals surface area contributed by atoms with Crippen molar-refractivity contribution in [2.24, 2.45) is 11.3 Å². The summed E-state index contributed by atoms with van der Waals surface area (Å²) in [4.78, 5) is 16.3. The van der Waals surface area contributed by atoms with Gasteiger partial charge in [-0.25, -0.2) is 13.1 Å². The van der Waals surface area contributed by atoms with Crippen molar-refractivity contribution in [2.75, 3.05) is 6.54 Å². The molecule has 2 aromatic rings. The van der Waals surface area contributed by atoms with Gasteiger partial charge in [0.25, 0.3) is 0 Å². The number of halogens is 2. The van der Waals surface area contributed by atoms with Crippen LogP contribution in [-0.2, 0) is 14.8 Å². The SMILES string of the molecule is C=CC[C@@]1(C)C[C@H](c2cccc(Cl)c2)[C@@H](c2ccc(Cl)cc2)N([C@@H](CNS(=O)(=O)C2CC2)C(C)C)C1=O. The average Bonchev–Trinajstić information content (AvgIpc) is 3.69. The van der Waals surface area contributed by atoms with Gasteiger partial charge in [-0.15, -0.1) is 6.58 Å². The van der Waals surface area contributed by atoms with E-state index in [2.05, 4.69) is 17.4 Å². The summed E-state index contributed by atoms with van der Waals surface area (Å²) in [6.45, 7) is 10.2. The summed E-state index contributed by atoms with van der Waals surface area (Å²) in [5.74, 6) is -0.0505. The number of hydrogen-bond donors (Lipinski definition) is 1. The van der Waals surface area contributed by atoms with Crippen molar-refractivity contribution >= 4 is 39.1 Å². The van der Waals surface area contributed by atoms with Crippen LogP contribution in [0, 0.1) is 11.3 Å². The van der Waals surface area contributed by atoms with E-state index in [1.165, 1.54) is 0 Å². The predicted molar refractivity (Wildman–Crippen MR) is 151 cm³/mol. The zero-order valence-corrected chi connectivity index (χ0v) is 24.0. The summed E-state index contributed by atoms with van der Waals surface area (Å²) in [5.41, 5.74) is 1.31. The number of carbonyl (C=O) groups is 1. The fourth-order valence-electron chi connectivity index (χ4n) is 5.61. The third-order valence-electron chi connectivity index (χ3n) is 7.77. The van der Waals surface area contributed by atoms with Crippen LogP contribution in [0.3, 0.4) is 0 Å². The van der Waals surface area contributed by atoms with E-state index in [4.69, 9.17) is 23.2 Å². The molecule has 2 aromatic carbocycles. The summed E-state index contributed by atoms with van der Waals surface area (Å²) < 4.78 is 28.4. The summed E-state index contributed by atoms with van der Waals surface area (Å²) in [6.07, 6.45) is 4.30. The molecule has 2 aliphatic rings. The van der Waals surface area contributed by atoms with Gasteiger partial charge < -0.3 is 4.90 Å². The molecule has 1 saturated carbocycles. The number of hydrogen-bond acceptors (Lipinski definition) is 3. The maximum Gasteiger partial charge on any atom is 0.229 e. The first-order valence-electron chi connectivity index (χ1n) is 12.9. The lowest BCUT2D eigenvalue weighted by atomic mass is 9.66. The third kappa shape index (κ3) is 6.08. The van der Waals surface area contributed by atoms with Crippen molar-refractivity contribution in [1.29, 1.82) is 0 Å². The Hall–Kier alpha value is -1.86. The molecule has 0 bridgehead atoms. The zero-order chi connectivity index (χ0) is 27.0. The first-order chi connectivity index (χ1) is 17.5. The Morgan fingerprint density at radius 3 is 2.35 bits per heavy atom. The summed E-state index contributed by atoms with van der Waals surface area (Å²) >= 11 is 12.7. The van der Waals surface area contributed by atoms with Gasteiger partial charge in [0, 0.05) is 28.5 Å². The molecule has 4 rings (SSSR count). The highest BCUT2D eigenvalue weighted by Crippen LogP contribution is 2.52. The maximum absolute atomic E-state index is 14.4. The maximum atomic E-state index is 14.4. The number of rotatable bonds is 10. The molecule has 1 aliphatic heterocycles. The Morgan fingerprint density at radius 2 is 1.78 bits per heavy atom. The molecule has 1 saturated heterocycles. The summed E-state index contributed by atoms with van der Waals surface area (Å²) in [5, 5.41) is 0.930. The molecule has 1 N–H and O–H groups in total. The molecule has 8 heteroatoms. The standard InChI is InChI=1S/C29H36Cl2N2O3S/c1-5-15-29(4)17-25(21-7-6-8-23(31)16-21)27(20-9-11-22(30)12-10-20)33(28(29)34)26(19(2)3)18-32-37(35,36)24-13-14-24/h5-12,16,19,24-27,32H,1,13-15,17-18H2,2-4H3/t25-,26+,27-,29+/m1/s1. The van der Waals surface area contributed by atoms with Crippen molar-refractivity contribution in [3.63, 3.8) is 0 Å². The molecule has 0 unspecified atom stereocenters. The van der Waals surface area contributed by atoms with Gasteiger partial charge in [0.2, 0.25) is 15.9 Å². The Labute approximate surface area is 231 Å². The predicted octanol–water partition coefficient (Wildman–Crippen LogP) is 6.74. The fourth-order valence-corrected chi connectivity index (χ4v) is 7.33. The van der Waals surface area contributed by atoms with Gasteiger partial charge in [-0.3, -0.25) is 4.79 Å². The quantitative estimate of drug-likeness (QED) is 0.326. The fraction of sp³-hybridized carbons (Fsp3) is 0.483. The van der Waals surface area contributed by atoms with Crippen LogP contribution >= 0.6 is 23.2 Å². The van der Waals surface area contributed by atoms with Crippen LogP contribution in [0.25, 0.3) is 0 Å². The molecular formula is C29H36Cl2N2O3S. The van der Waals surface area contributed by atoms with E-state index >= 15 is 0 Å². The van der Waals surface area contributed by atoms with E-state index in [0.717, 1.165) is 11.1 Å². The zero-order valence-electron chi connectivity index (χ0n) is 21.7. The van der Waals surface area contributed by atoms with Gasteiger partial charge >= 0.3 is 0 Å². The monoisotopic (exact) mass is 562 g/mol. The van der Waals surface area contributed by atoms with Crippen LogP contribution < -0.4 is 4.72 Å². The first-order valence-corrected chi connectivity index (χ1v) is 15.2. The van der Waals surface area contributed by atoms with Crippen LogP contribution in [0.2, 0.25) is 10.0 Å². The first kappa shape index (κ1) is 28.2. The van der Waals surface area contributed by atoms with Gasteiger partial charge in [0.05, 0.1) is 16.7 Å². The Balaban J connectivity index is 1.85. The number of nitrogens with zero attached hydrogens (tertiary/aromatic N) is 1. The van der Waals surface area contributed by atoms with Crippen molar-refractivity contribution in [2.45, 2.75) is 69.7 Å².